The molecule has 0 aromatic heterocycles. The van der Waals surface area contributed by atoms with Gasteiger partial charge >= 0.3 is 0 Å². The fourth-order valence-corrected chi connectivity index (χ4v) is 2.76. The Morgan fingerprint density at radius 3 is 1.91 bits per heavy atom. The molecule has 0 saturated carbocycles. The molecule has 1 fully saturated rings. The Balaban J connectivity index is 0.000001000. The molecule has 11 heavy (non-hydrogen) atoms. The lowest BCUT2D eigenvalue weighted by Crippen LogP contribution is -2.44. The second kappa shape index (κ2) is 3.29. The predicted octanol–water partition coefficient (Wildman–Crippen LogP) is 0.334. The van der Waals surface area contributed by atoms with Crippen LogP contribution in [0.25, 0.3) is 0 Å². The van der Waals surface area contributed by atoms with Crippen LogP contribution < -0.4 is 5.73 Å². The molecule has 0 atom stereocenters. The van der Waals surface area contributed by atoms with E-state index in [4.69, 9.17) is 5.73 Å². The zero-order valence-corrected chi connectivity index (χ0v) is 8.17. The molecule has 0 aromatic rings. The van der Waals surface area contributed by atoms with Crippen LogP contribution in [0.15, 0.2) is 0 Å². The van der Waals surface area contributed by atoms with E-state index >= 15 is 0 Å². The van der Waals surface area contributed by atoms with Crippen molar-refractivity contribution in [3.63, 3.8) is 0 Å². The highest BCUT2D eigenvalue weighted by atomic mass is 35.5. The number of hydrogen-bond donors (Lipinski definition) is 1. The molecule has 0 radical (unpaired) electrons. The minimum atomic E-state index is -2.73. The Bertz CT molecular complexity index is 207. The monoisotopic (exact) mass is 199 g/mol. The Hall–Kier alpha value is 0.200. The SMILES string of the molecule is CC1(N)CCS(=O)(=O)CC1.Cl. The van der Waals surface area contributed by atoms with Crippen molar-refractivity contribution in [2.75, 3.05) is 11.5 Å². The number of halogens is 1. The number of sulfone groups is 1. The molecule has 1 aliphatic heterocycles. The third-order valence-electron chi connectivity index (χ3n) is 1.97. The van der Waals surface area contributed by atoms with E-state index in [1.807, 2.05) is 6.92 Å². The van der Waals surface area contributed by atoms with E-state index in [1.165, 1.54) is 0 Å². The third kappa shape index (κ3) is 3.40. The summed E-state index contributed by atoms with van der Waals surface area (Å²) >= 11 is 0. The van der Waals surface area contributed by atoms with Crippen LogP contribution in [0, 0.1) is 0 Å². The molecule has 1 saturated heterocycles. The Kier molecular flexibility index (Phi) is 3.35. The van der Waals surface area contributed by atoms with Crippen LogP contribution in [0.5, 0.6) is 0 Å². The first-order valence-electron chi connectivity index (χ1n) is 3.41. The summed E-state index contributed by atoms with van der Waals surface area (Å²) in [6, 6.07) is 0. The highest BCUT2D eigenvalue weighted by Crippen LogP contribution is 2.19. The lowest BCUT2D eigenvalue weighted by molar-refractivity contribution is 0.418. The van der Waals surface area contributed by atoms with Gasteiger partial charge < -0.3 is 5.73 Å². The van der Waals surface area contributed by atoms with Gasteiger partial charge in [-0.05, 0) is 19.8 Å². The van der Waals surface area contributed by atoms with Crippen molar-refractivity contribution < 1.29 is 8.42 Å². The van der Waals surface area contributed by atoms with E-state index < -0.39 is 9.84 Å². The quantitative estimate of drug-likeness (QED) is 0.612. The Morgan fingerprint density at radius 2 is 1.64 bits per heavy atom. The Labute approximate surface area is 73.7 Å². The molecule has 0 amide bonds. The largest absolute Gasteiger partial charge is 0.325 e. The average molecular weight is 200 g/mol. The molecule has 0 bridgehead atoms. The number of hydrogen-bond acceptors (Lipinski definition) is 3. The van der Waals surface area contributed by atoms with Crippen LogP contribution in [-0.2, 0) is 9.84 Å². The fraction of sp³-hybridized carbons (Fsp3) is 1.00. The van der Waals surface area contributed by atoms with Gasteiger partial charge in [-0.1, -0.05) is 0 Å². The zero-order valence-electron chi connectivity index (χ0n) is 6.54. The molecule has 3 nitrogen and oxygen atoms in total. The van der Waals surface area contributed by atoms with Gasteiger partial charge in [-0.3, -0.25) is 0 Å². The number of nitrogens with two attached hydrogens (primary N) is 1. The van der Waals surface area contributed by atoms with Gasteiger partial charge in [-0.15, -0.1) is 12.4 Å². The highest BCUT2D eigenvalue weighted by molar-refractivity contribution is 7.91. The Morgan fingerprint density at radius 1 is 1.27 bits per heavy atom. The first-order chi connectivity index (χ1) is 4.41. The van der Waals surface area contributed by atoms with Gasteiger partial charge in [0.2, 0.25) is 0 Å². The first-order valence-corrected chi connectivity index (χ1v) is 5.23. The maximum Gasteiger partial charge on any atom is 0.150 e. The van der Waals surface area contributed by atoms with Gasteiger partial charge in [0, 0.05) is 5.54 Å². The summed E-state index contributed by atoms with van der Waals surface area (Å²) in [5.41, 5.74) is 5.49. The minimum Gasteiger partial charge on any atom is -0.325 e. The van der Waals surface area contributed by atoms with Gasteiger partial charge in [0.25, 0.3) is 0 Å². The summed E-state index contributed by atoms with van der Waals surface area (Å²) in [4.78, 5) is 0. The van der Waals surface area contributed by atoms with Gasteiger partial charge in [-0.25, -0.2) is 8.42 Å². The zero-order chi connectivity index (χ0) is 7.83. The summed E-state index contributed by atoms with van der Waals surface area (Å²) in [6.45, 7) is 1.90. The van der Waals surface area contributed by atoms with Crippen molar-refractivity contribution in [1.29, 1.82) is 0 Å². The van der Waals surface area contributed by atoms with Crippen LogP contribution in [0.4, 0.5) is 0 Å². The second-order valence-electron chi connectivity index (χ2n) is 3.31. The maximum absolute atomic E-state index is 10.9. The predicted molar refractivity (Wildman–Crippen MR) is 47.7 cm³/mol. The van der Waals surface area contributed by atoms with Crippen molar-refractivity contribution in [3.8, 4) is 0 Å². The summed E-state index contributed by atoms with van der Waals surface area (Å²) in [5.74, 6) is 0.528. The third-order valence-corrected chi connectivity index (χ3v) is 3.62. The molecule has 0 spiro atoms. The molecule has 1 rings (SSSR count). The highest BCUT2D eigenvalue weighted by Gasteiger charge is 2.29. The first kappa shape index (κ1) is 11.2. The van der Waals surface area contributed by atoms with Crippen molar-refractivity contribution in [2.24, 2.45) is 5.73 Å². The molecule has 0 aliphatic carbocycles. The van der Waals surface area contributed by atoms with E-state index in [-0.39, 0.29) is 29.5 Å². The molecule has 0 aromatic carbocycles. The van der Waals surface area contributed by atoms with Gasteiger partial charge in [-0.2, -0.15) is 0 Å². The molecule has 68 valence electrons. The molecule has 2 N–H and O–H groups in total. The van der Waals surface area contributed by atoms with Crippen LogP contribution in [-0.4, -0.2) is 25.5 Å². The van der Waals surface area contributed by atoms with Crippen molar-refractivity contribution >= 4 is 22.2 Å². The minimum absolute atomic E-state index is 0. The molecule has 1 heterocycles. The van der Waals surface area contributed by atoms with E-state index in [0.29, 0.717) is 12.8 Å². The lowest BCUT2D eigenvalue weighted by Gasteiger charge is -2.28. The molecular formula is C6H14ClNO2S. The normalized spacial score (nSPS) is 27.1. The second-order valence-corrected chi connectivity index (χ2v) is 5.61. The molecule has 5 heteroatoms. The van der Waals surface area contributed by atoms with E-state index in [9.17, 15) is 8.42 Å². The van der Waals surface area contributed by atoms with Crippen molar-refractivity contribution in [2.45, 2.75) is 25.3 Å². The summed E-state index contributed by atoms with van der Waals surface area (Å²) in [7, 11) is -2.73. The smallest absolute Gasteiger partial charge is 0.150 e. The molecule has 1 aliphatic rings. The summed E-state index contributed by atoms with van der Waals surface area (Å²) in [6.07, 6.45) is 1.21. The van der Waals surface area contributed by atoms with E-state index in [2.05, 4.69) is 0 Å². The summed E-state index contributed by atoms with van der Waals surface area (Å²) < 4.78 is 21.8. The van der Waals surface area contributed by atoms with Gasteiger partial charge in [0.1, 0.15) is 9.84 Å². The molecule has 0 unspecified atom stereocenters. The van der Waals surface area contributed by atoms with Gasteiger partial charge in [0.05, 0.1) is 11.5 Å². The maximum atomic E-state index is 10.9. The van der Waals surface area contributed by atoms with Crippen LogP contribution >= 0.6 is 12.4 Å². The van der Waals surface area contributed by atoms with Crippen LogP contribution in [0.2, 0.25) is 0 Å². The molecular weight excluding hydrogens is 186 g/mol. The van der Waals surface area contributed by atoms with Crippen LogP contribution in [0.1, 0.15) is 19.8 Å². The topological polar surface area (TPSA) is 60.2 Å². The van der Waals surface area contributed by atoms with E-state index in [1.54, 1.807) is 0 Å². The standard InChI is InChI=1S/C6H13NO2S.ClH/c1-6(7)2-4-10(8,9)5-3-6;/h2-5,7H2,1H3;1H. The summed E-state index contributed by atoms with van der Waals surface area (Å²) in [5, 5.41) is 0. The fourth-order valence-electron chi connectivity index (χ4n) is 1.00. The lowest BCUT2D eigenvalue weighted by atomic mass is 9.97. The van der Waals surface area contributed by atoms with E-state index in [0.717, 1.165) is 0 Å². The average Bonchev–Trinajstić information content (AvgIpc) is 1.79. The number of rotatable bonds is 0. The van der Waals surface area contributed by atoms with Crippen molar-refractivity contribution in [3.05, 3.63) is 0 Å². The van der Waals surface area contributed by atoms with Crippen molar-refractivity contribution in [1.82, 2.24) is 0 Å². The van der Waals surface area contributed by atoms with Crippen LogP contribution in [0.3, 0.4) is 0 Å². The van der Waals surface area contributed by atoms with Gasteiger partial charge in [0.15, 0.2) is 0 Å².